The number of hydrogen-bond acceptors (Lipinski definition) is 5. The fourth-order valence-corrected chi connectivity index (χ4v) is 2.23. The zero-order chi connectivity index (χ0) is 20.3. The zero-order valence-corrected chi connectivity index (χ0v) is 15.7. The average Bonchev–Trinajstić information content (AvgIpc) is 2.63. The van der Waals surface area contributed by atoms with E-state index in [0.717, 1.165) is 5.56 Å². The molecule has 1 atom stereocenters. The normalized spacial score (nSPS) is 12.0. The minimum absolute atomic E-state index is 0.144. The van der Waals surface area contributed by atoms with Gasteiger partial charge in [-0.3, -0.25) is 15.0 Å². The summed E-state index contributed by atoms with van der Waals surface area (Å²) in [5.41, 5.74) is 4.81. The second-order valence-electron chi connectivity index (χ2n) is 6.53. The molecule has 7 N–H and O–H groups in total. The van der Waals surface area contributed by atoms with E-state index >= 15 is 0 Å². The quantitative estimate of drug-likeness (QED) is 0.0751. The molecule has 0 bridgehead atoms. The monoisotopic (exact) mass is 377 g/mol. The fraction of sp³-hybridized carbons (Fsp3) is 0.471. The summed E-state index contributed by atoms with van der Waals surface area (Å²) in [6.45, 7) is 3.80. The molecule has 0 aliphatic heterocycles. The summed E-state index contributed by atoms with van der Waals surface area (Å²) in [6, 6.07) is 9.39. The van der Waals surface area contributed by atoms with E-state index in [1.807, 2.05) is 30.3 Å². The van der Waals surface area contributed by atoms with Crippen molar-refractivity contribution in [3.05, 3.63) is 35.9 Å². The van der Waals surface area contributed by atoms with Crippen LogP contribution in [-0.4, -0.2) is 43.3 Å². The molecule has 0 aliphatic rings. The lowest BCUT2D eigenvalue weighted by molar-refractivity contribution is -0.143. The first kappa shape index (κ1) is 22.5. The lowest BCUT2D eigenvalue weighted by Crippen LogP contribution is -2.51. The molecule has 0 fully saturated rings. The molecule has 0 aromatic heterocycles. The smallest absolute Gasteiger partial charge is 0.430 e. The molecule has 1 rings (SSSR count). The van der Waals surface area contributed by atoms with Gasteiger partial charge in [0.15, 0.2) is 5.96 Å². The van der Waals surface area contributed by atoms with Gasteiger partial charge >= 0.3 is 7.69 Å². The van der Waals surface area contributed by atoms with Crippen molar-refractivity contribution in [2.45, 2.75) is 39.5 Å². The third-order valence-electron chi connectivity index (χ3n) is 3.96. The Morgan fingerprint density at radius 2 is 1.93 bits per heavy atom. The molecule has 27 heavy (non-hydrogen) atoms. The van der Waals surface area contributed by atoms with Crippen molar-refractivity contribution in [3.63, 3.8) is 0 Å². The van der Waals surface area contributed by atoms with Gasteiger partial charge < -0.3 is 31.4 Å². The summed E-state index contributed by atoms with van der Waals surface area (Å²) in [4.78, 5) is 25.0. The Balaban J connectivity index is 2.55. The molecule has 0 radical (unpaired) electrons. The summed E-state index contributed by atoms with van der Waals surface area (Å²) < 4.78 is 5.10. The summed E-state index contributed by atoms with van der Waals surface area (Å²) in [5, 5.41) is 24.1. The van der Waals surface area contributed by atoms with E-state index in [1.54, 1.807) is 0 Å². The highest BCUT2D eigenvalue weighted by Gasteiger charge is 2.36. The molecule has 9 nitrogen and oxygen atoms in total. The molecule has 0 unspecified atom stereocenters. The number of nitrogens with one attached hydrogen (secondary N) is 4. The van der Waals surface area contributed by atoms with Crippen molar-refractivity contribution in [2.24, 2.45) is 11.1 Å². The van der Waals surface area contributed by atoms with E-state index in [4.69, 9.17) is 20.8 Å². The van der Waals surface area contributed by atoms with Gasteiger partial charge in [0.2, 0.25) is 11.8 Å². The van der Waals surface area contributed by atoms with Crippen LogP contribution in [0.3, 0.4) is 0 Å². The van der Waals surface area contributed by atoms with Crippen LogP contribution < -0.4 is 21.7 Å². The van der Waals surface area contributed by atoms with Gasteiger partial charge in [0, 0.05) is 13.1 Å². The van der Waals surface area contributed by atoms with Crippen molar-refractivity contribution in [2.75, 3.05) is 6.54 Å². The molecular formula is C17H28BN5O4. The number of carbonyl (C=O) groups is 2. The largest absolute Gasteiger partial charge is 0.436 e. The molecular weight excluding hydrogens is 349 g/mol. The number of amides is 2. The van der Waals surface area contributed by atoms with Crippen LogP contribution in [0.15, 0.2) is 30.3 Å². The van der Waals surface area contributed by atoms with Crippen LogP contribution in [0.1, 0.15) is 32.3 Å². The van der Waals surface area contributed by atoms with Gasteiger partial charge in [0.05, 0.1) is 0 Å². The fourth-order valence-electron chi connectivity index (χ4n) is 2.23. The van der Waals surface area contributed by atoms with Crippen LogP contribution in [0.4, 0.5) is 0 Å². The minimum Gasteiger partial charge on any atom is -0.430 e. The van der Waals surface area contributed by atoms with E-state index < -0.39 is 31.1 Å². The van der Waals surface area contributed by atoms with E-state index in [-0.39, 0.29) is 5.96 Å². The summed E-state index contributed by atoms with van der Waals surface area (Å²) >= 11 is 0. The van der Waals surface area contributed by atoms with E-state index in [1.165, 1.54) is 13.8 Å². The van der Waals surface area contributed by atoms with Crippen LogP contribution in [0.2, 0.25) is 0 Å². The molecule has 2 amide bonds. The van der Waals surface area contributed by atoms with Gasteiger partial charge in [-0.2, -0.15) is 0 Å². The van der Waals surface area contributed by atoms with Crippen LogP contribution in [0.5, 0.6) is 0 Å². The van der Waals surface area contributed by atoms with E-state index in [2.05, 4.69) is 16.0 Å². The standard InChI is InChI=1S/C17H28BN5O4/c1-17(2,14(24)22-11-12-7-4-3-5-8-12)15(25)23-13(27-18-26)9-6-10-21-16(19)20/h3-5,7-8,13,18,26H,6,9-11H2,1-2H3,(H,22,24)(H,23,25)(H4,19,20,21)/t13-/m1/s1. The number of hydrogen-bond donors (Lipinski definition) is 6. The number of carbonyl (C=O) groups excluding carboxylic acids is 2. The second-order valence-corrected chi connectivity index (χ2v) is 6.53. The van der Waals surface area contributed by atoms with Gasteiger partial charge in [-0.25, -0.2) is 0 Å². The highest BCUT2D eigenvalue weighted by atomic mass is 16.5. The van der Waals surface area contributed by atoms with Crippen molar-refractivity contribution in [1.82, 2.24) is 16.0 Å². The third kappa shape index (κ3) is 8.10. The van der Waals surface area contributed by atoms with E-state index in [9.17, 15) is 9.59 Å². The molecule has 0 spiro atoms. The lowest BCUT2D eigenvalue weighted by Gasteiger charge is -2.26. The van der Waals surface area contributed by atoms with Crippen LogP contribution in [-0.2, 0) is 20.8 Å². The third-order valence-corrected chi connectivity index (χ3v) is 3.96. The Bertz CT molecular complexity index is 627. The first-order valence-electron chi connectivity index (χ1n) is 8.71. The van der Waals surface area contributed by atoms with Gasteiger partial charge in [-0.1, -0.05) is 30.3 Å². The van der Waals surface area contributed by atoms with Crippen molar-refractivity contribution in [1.29, 1.82) is 5.41 Å². The molecule has 0 saturated heterocycles. The Kier molecular flexibility index (Phi) is 9.31. The number of guanidine groups is 1. The predicted octanol–water partition coefficient (Wildman–Crippen LogP) is -0.690. The highest BCUT2D eigenvalue weighted by molar-refractivity contribution is 6.16. The first-order chi connectivity index (χ1) is 12.8. The van der Waals surface area contributed by atoms with Gasteiger partial charge in [-0.05, 0) is 32.3 Å². The number of benzene rings is 1. The van der Waals surface area contributed by atoms with Crippen LogP contribution in [0.25, 0.3) is 0 Å². The molecule has 0 aliphatic carbocycles. The van der Waals surface area contributed by atoms with Gasteiger partial charge in [0.25, 0.3) is 0 Å². The summed E-state index contributed by atoms with van der Waals surface area (Å²) in [5.74, 6) is -1.06. The molecule has 148 valence electrons. The molecule has 1 aromatic carbocycles. The Morgan fingerprint density at radius 3 is 2.52 bits per heavy atom. The summed E-state index contributed by atoms with van der Waals surface area (Å²) in [6.07, 6.45) is 0.178. The Labute approximate surface area is 159 Å². The second kappa shape index (κ2) is 11.2. The lowest BCUT2D eigenvalue weighted by atomic mass is 9.90. The van der Waals surface area contributed by atoms with Crippen molar-refractivity contribution >= 4 is 25.5 Å². The zero-order valence-electron chi connectivity index (χ0n) is 15.7. The van der Waals surface area contributed by atoms with Crippen LogP contribution in [0, 0.1) is 10.8 Å². The molecule has 0 saturated carbocycles. The maximum atomic E-state index is 12.5. The Hall–Kier alpha value is -2.59. The average molecular weight is 377 g/mol. The summed E-state index contributed by atoms with van der Waals surface area (Å²) in [7, 11) is -0.564. The Morgan fingerprint density at radius 1 is 1.26 bits per heavy atom. The molecule has 1 aromatic rings. The molecule has 10 heteroatoms. The van der Waals surface area contributed by atoms with Crippen molar-refractivity contribution < 1.29 is 19.3 Å². The topological polar surface area (TPSA) is 150 Å². The molecule has 0 heterocycles. The highest BCUT2D eigenvalue weighted by Crippen LogP contribution is 2.17. The number of nitrogens with two attached hydrogens (primary N) is 1. The van der Waals surface area contributed by atoms with Crippen molar-refractivity contribution in [3.8, 4) is 0 Å². The predicted molar refractivity (Wildman–Crippen MR) is 104 cm³/mol. The maximum Gasteiger partial charge on any atom is 0.436 e. The van der Waals surface area contributed by atoms with E-state index in [0.29, 0.717) is 25.9 Å². The number of rotatable bonds is 11. The SMILES string of the molecule is CC(C)(C(=O)NCc1ccccc1)C(=O)N[C@@H](CCCNC(=N)N)OBO. The minimum atomic E-state index is -1.32. The van der Waals surface area contributed by atoms with Crippen LogP contribution >= 0.6 is 0 Å². The maximum absolute atomic E-state index is 12.5. The van der Waals surface area contributed by atoms with Gasteiger partial charge in [0.1, 0.15) is 11.6 Å². The first-order valence-corrected chi connectivity index (χ1v) is 8.71. The van der Waals surface area contributed by atoms with Gasteiger partial charge in [-0.15, -0.1) is 0 Å².